The number of esters is 1. The van der Waals surface area contributed by atoms with Gasteiger partial charge in [0.2, 0.25) is 0 Å². The number of fused-ring (bicyclic) bond motifs is 4. The van der Waals surface area contributed by atoms with Gasteiger partial charge in [-0.15, -0.1) is 0 Å². The van der Waals surface area contributed by atoms with Gasteiger partial charge in [-0.2, -0.15) is 0 Å². The molecule has 0 spiro atoms. The summed E-state index contributed by atoms with van der Waals surface area (Å²) < 4.78 is 68.8. The van der Waals surface area contributed by atoms with Crippen molar-refractivity contribution in [3.63, 3.8) is 0 Å². The Hall–Kier alpha value is -1.87. The van der Waals surface area contributed by atoms with E-state index in [4.69, 9.17) is 47.4 Å². The van der Waals surface area contributed by atoms with Gasteiger partial charge in [0.25, 0.3) is 0 Å². The molecule has 13 nitrogen and oxygen atoms in total. The third kappa shape index (κ3) is 5.40. The number of hydrogen-bond donors (Lipinski definition) is 2. The van der Waals surface area contributed by atoms with Gasteiger partial charge < -0.3 is 5.11 Å². The number of cyclic esters (lactones) is 1. The summed E-state index contributed by atoms with van der Waals surface area (Å²) >= 11 is 0.730. The average molecular weight is 855 g/mol. The average Bonchev–Trinajstić information content (AvgIpc) is 3.65. The predicted octanol–water partition coefficient (Wildman–Crippen LogP) is -4.12. The molecule has 1 radical (unpaired) electrons. The second-order valence-corrected chi connectivity index (χ2v) is 15.4. The molecular weight excluding hydrogens is 822 g/mol. The number of benzene rings is 2. The van der Waals surface area contributed by atoms with Crippen LogP contribution in [0.25, 0.3) is 0 Å². The predicted molar refractivity (Wildman–Crippen MR) is 142 cm³/mol. The second kappa shape index (κ2) is 12.3. The molecule has 4 aliphatic heterocycles. The Morgan fingerprint density at radius 3 is 2.33 bits per heavy atom. The zero-order chi connectivity index (χ0) is 31.6. The molecule has 3 saturated heterocycles. The Bertz CT molecular complexity index is 1440. The van der Waals surface area contributed by atoms with Gasteiger partial charge in [-0.25, -0.2) is 0 Å². The zero-order valence-corrected chi connectivity index (χ0v) is 29.1. The number of ether oxygens (including phenoxy) is 10. The number of rotatable bonds is 7. The van der Waals surface area contributed by atoms with Crippen LogP contribution in [0.4, 0.5) is 0 Å². The van der Waals surface area contributed by atoms with E-state index in [2.05, 4.69) is 22.6 Å². The molecule has 7 rings (SSSR count). The molecule has 4 heterocycles. The molecule has 0 aromatic heterocycles. The van der Waals surface area contributed by atoms with Crippen molar-refractivity contribution >= 4 is 5.97 Å². The van der Waals surface area contributed by atoms with Gasteiger partial charge >= 0.3 is 266 Å². The summed E-state index contributed by atoms with van der Waals surface area (Å²) in [7, 11) is 4.46. The third-order valence-corrected chi connectivity index (χ3v) is 11.7. The van der Waals surface area contributed by atoms with E-state index in [1.165, 1.54) is 14.2 Å². The smallest absolute Gasteiger partial charge is 0.502 e. The summed E-state index contributed by atoms with van der Waals surface area (Å²) in [6.07, 6.45) is -3.18. The van der Waals surface area contributed by atoms with Crippen LogP contribution in [0.1, 0.15) is 35.6 Å². The molecular formula is C30H33I2O13-2. The first kappa shape index (κ1) is 31.7. The summed E-state index contributed by atoms with van der Waals surface area (Å²) in [5.74, 6) is -0.642. The van der Waals surface area contributed by atoms with Crippen molar-refractivity contribution in [1.82, 2.24) is 0 Å². The Morgan fingerprint density at radius 2 is 1.69 bits per heavy atom. The van der Waals surface area contributed by atoms with Crippen LogP contribution < -0.4 is 63.2 Å². The van der Waals surface area contributed by atoms with E-state index in [0.717, 1.165) is 11.1 Å². The molecule has 5 aliphatic rings. The van der Waals surface area contributed by atoms with Crippen molar-refractivity contribution < 1.29 is 105 Å². The van der Waals surface area contributed by atoms with Crippen LogP contribution in [0.15, 0.2) is 24.3 Å². The topological polar surface area (TPSA) is 150 Å². The minimum atomic E-state index is -1.36. The summed E-state index contributed by atoms with van der Waals surface area (Å²) in [4.78, 5) is 13.6. The van der Waals surface area contributed by atoms with Crippen LogP contribution in [0.2, 0.25) is 0 Å². The summed E-state index contributed by atoms with van der Waals surface area (Å²) in [6, 6.07) is 7.14. The molecule has 10 atom stereocenters. The molecule has 0 bridgehead atoms. The van der Waals surface area contributed by atoms with Crippen LogP contribution >= 0.6 is 0 Å². The van der Waals surface area contributed by atoms with Crippen molar-refractivity contribution in [2.24, 2.45) is 11.8 Å². The van der Waals surface area contributed by atoms with E-state index in [9.17, 15) is 13.3 Å². The van der Waals surface area contributed by atoms with Gasteiger partial charge in [0.1, 0.15) is 0 Å². The number of halogens is 2. The van der Waals surface area contributed by atoms with Crippen molar-refractivity contribution in [2.75, 3.05) is 41.3 Å². The first-order valence-electron chi connectivity index (χ1n) is 14.3. The van der Waals surface area contributed by atoms with Crippen molar-refractivity contribution in [3.05, 3.63) is 41.0 Å². The molecule has 5 unspecified atom stereocenters. The Morgan fingerprint density at radius 1 is 1.00 bits per heavy atom. The third-order valence-electron chi connectivity index (χ3n) is 9.07. The summed E-state index contributed by atoms with van der Waals surface area (Å²) in [6.45, 7) is 2.23. The fraction of sp³-hybridized carbons (Fsp3) is 0.567. The van der Waals surface area contributed by atoms with Crippen LogP contribution in [0.5, 0.6) is 28.7 Å². The van der Waals surface area contributed by atoms with Crippen molar-refractivity contribution in [3.8, 4) is 28.7 Å². The van der Waals surface area contributed by atoms with Gasteiger partial charge in [-0.1, -0.05) is 0 Å². The fourth-order valence-corrected chi connectivity index (χ4v) is 9.39. The number of phenols is 1. The molecule has 247 valence electrons. The maximum atomic E-state index is 13.6. The van der Waals surface area contributed by atoms with Crippen molar-refractivity contribution in [1.29, 1.82) is 0 Å². The number of alkyl halides is 2. The standard InChI is InChI=1S/C30H33I2O13/c1-30(31)42-10-20-26(45-30)23(32-35)27(38-4)29(43-20)44-25-14-8-17-16(40-11-41-17)7-13(14)21(22-15(25)9-39-28(22)34)12-5-18(36-2)24(33)19(6-12)37-3/h5-8,15,20-23,25-27,29,33,35H,9-11H2,1-4H3/q-2/t15-,20?,21+,22?,23?,25?,26+,27+,29?,30-/m0/s1. The maximum absolute atomic E-state index is 13.6. The normalized spacial score (nSPS) is 36.6. The molecule has 1 aliphatic carbocycles. The second-order valence-electron chi connectivity index (χ2n) is 11.5. The van der Waals surface area contributed by atoms with Gasteiger partial charge in [0.05, 0.1) is 14.2 Å². The van der Waals surface area contributed by atoms with Crippen LogP contribution in [0, 0.1) is 11.8 Å². The summed E-state index contributed by atoms with van der Waals surface area (Å²) in [5, 5.41) is 10.6. The molecule has 0 saturated carbocycles. The number of hydrogen-bond acceptors (Lipinski definition) is 13. The van der Waals surface area contributed by atoms with Gasteiger partial charge in [0, 0.05) is 0 Å². The molecule has 3 fully saturated rings. The number of aromatic hydroxyl groups is 1. The van der Waals surface area contributed by atoms with Gasteiger partial charge in [-0.05, 0) is 0 Å². The quantitative estimate of drug-likeness (QED) is 0.158. The molecule has 0 amide bonds. The van der Waals surface area contributed by atoms with Crippen LogP contribution in [-0.4, -0.2) is 88.2 Å². The molecule has 2 aromatic rings. The number of phenolic OH excluding ortho intramolecular Hbond substituents is 1. The van der Waals surface area contributed by atoms with E-state index in [1.807, 2.05) is 19.1 Å². The molecule has 45 heavy (non-hydrogen) atoms. The first-order chi connectivity index (χ1) is 21.7. The van der Waals surface area contributed by atoms with Gasteiger partial charge in [0.15, 0.2) is 0 Å². The molecule has 2 aromatic carbocycles. The molecule has 2 N–H and O–H groups in total. The van der Waals surface area contributed by atoms with E-state index in [-0.39, 0.29) is 47.1 Å². The number of carbonyl (C=O) groups excluding carboxylic acids is 1. The Balaban J connectivity index is 1.32. The van der Waals surface area contributed by atoms with Crippen LogP contribution in [0.3, 0.4) is 0 Å². The first-order valence-corrected chi connectivity index (χ1v) is 17.6. The zero-order valence-electron chi connectivity index (χ0n) is 24.8. The number of carbonyl (C=O) groups is 1. The van der Waals surface area contributed by atoms with Crippen molar-refractivity contribution in [2.45, 2.75) is 51.3 Å². The SMILES string of the molecule is COc1cc([C@@H]2c3cc4c(cc3C(OC3OC5CO[C@](C)([I-])O[C@H]5C([I-]O)[C@H]3OC)[C@H]3COC(=O)C23)OCO4)cc(OC)c1O. The minimum absolute atomic E-state index is 0.0578. The Labute approximate surface area is 283 Å². The van der Waals surface area contributed by atoms with E-state index in [1.54, 1.807) is 19.2 Å². The minimum Gasteiger partial charge on any atom is -0.502 e. The van der Waals surface area contributed by atoms with E-state index in [0.29, 0.717) is 17.1 Å². The summed E-state index contributed by atoms with van der Waals surface area (Å²) in [5.41, 5.74) is 2.21. The fourth-order valence-electron chi connectivity index (χ4n) is 7.04. The Kier molecular flexibility index (Phi) is 8.67. The molecule has 15 heteroatoms. The number of methoxy groups -OCH3 is 3. The van der Waals surface area contributed by atoms with Crippen LogP contribution in [-0.2, 0) is 33.2 Å². The monoisotopic (exact) mass is 855 g/mol. The van der Waals surface area contributed by atoms with E-state index >= 15 is 0 Å². The van der Waals surface area contributed by atoms with E-state index < -0.39 is 73.9 Å². The van der Waals surface area contributed by atoms with Gasteiger partial charge in [-0.3, -0.25) is 0 Å².